The highest BCUT2D eigenvalue weighted by Crippen LogP contribution is 2.23. The van der Waals surface area contributed by atoms with Crippen molar-refractivity contribution in [2.45, 2.75) is 12.2 Å². The van der Waals surface area contributed by atoms with Crippen LogP contribution in [0.5, 0.6) is 0 Å². The van der Waals surface area contributed by atoms with Crippen LogP contribution in [0.4, 0.5) is 4.39 Å². The van der Waals surface area contributed by atoms with Gasteiger partial charge in [0.2, 0.25) is 15.9 Å². The highest BCUT2D eigenvalue weighted by Gasteiger charge is 2.12. The van der Waals surface area contributed by atoms with Crippen LogP contribution in [0.3, 0.4) is 0 Å². The van der Waals surface area contributed by atoms with Gasteiger partial charge in [0.25, 0.3) is 0 Å². The molecule has 0 spiro atoms. The van der Waals surface area contributed by atoms with E-state index in [-0.39, 0.29) is 42.0 Å². The number of carbonyl (C=O) groups excluding carboxylic acids is 1. The molecule has 26 heavy (non-hydrogen) atoms. The number of rotatable bonds is 8. The molecule has 1 amide bonds. The molecule has 0 saturated carbocycles. The van der Waals surface area contributed by atoms with Crippen LogP contribution in [0.15, 0.2) is 42.5 Å². The number of benzene rings is 2. The SMILES string of the molecule is O=C(Cc1ccc(F)cc1)NCCNS(=O)(=O)Cc1ccc(Cl)c(Cl)c1. The molecule has 0 atom stereocenters. The van der Waals surface area contributed by atoms with Crippen molar-refractivity contribution in [1.82, 2.24) is 10.0 Å². The van der Waals surface area contributed by atoms with Crippen molar-refractivity contribution < 1.29 is 17.6 Å². The van der Waals surface area contributed by atoms with Crippen LogP contribution in [-0.2, 0) is 27.0 Å². The summed E-state index contributed by atoms with van der Waals surface area (Å²) in [5.74, 6) is -0.890. The summed E-state index contributed by atoms with van der Waals surface area (Å²) in [4.78, 5) is 11.8. The minimum Gasteiger partial charge on any atom is -0.355 e. The van der Waals surface area contributed by atoms with Gasteiger partial charge in [-0.3, -0.25) is 4.79 Å². The Morgan fingerprint density at radius 2 is 1.62 bits per heavy atom. The third kappa shape index (κ3) is 6.92. The maximum absolute atomic E-state index is 12.8. The lowest BCUT2D eigenvalue weighted by Gasteiger charge is -2.09. The summed E-state index contributed by atoms with van der Waals surface area (Å²) in [5, 5.41) is 3.24. The van der Waals surface area contributed by atoms with Gasteiger partial charge in [0.1, 0.15) is 5.82 Å². The number of halogens is 3. The molecule has 9 heteroatoms. The van der Waals surface area contributed by atoms with Gasteiger partial charge in [-0.05, 0) is 35.4 Å². The van der Waals surface area contributed by atoms with Crippen LogP contribution in [0.2, 0.25) is 10.0 Å². The zero-order chi connectivity index (χ0) is 19.2. The van der Waals surface area contributed by atoms with Gasteiger partial charge in [-0.15, -0.1) is 0 Å². The lowest BCUT2D eigenvalue weighted by molar-refractivity contribution is -0.120. The molecule has 2 rings (SSSR count). The first kappa shape index (κ1) is 20.6. The average molecular weight is 419 g/mol. The van der Waals surface area contributed by atoms with E-state index in [0.717, 1.165) is 0 Å². The molecule has 2 aromatic rings. The van der Waals surface area contributed by atoms with Gasteiger partial charge in [0.15, 0.2) is 0 Å². The fraction of sp³-hybridized carbons (Fsp3) is 0.235. The van der Waals surface area contributed by atoms with E-state index < -0.39 is 10.0 Å². The van der Waals surface area contributed by atoms with Crippen molar-refractivity contribution >= 4 is 39.1 Å². The van der Waals surface area contributed by atoms with Gasteiger partial charge in [-0.2, -0.15) is 0 Å². The Kier molecular flexibility index (Phi) is 7.40. The normalized spacial score (nSPS) is 11.3. The maximum atomic E-state index is 12.8. The first-order chi connectivity index (χ1) is 12.2. The van der Waals surface area contributed by atoms with Crippen LogP contribution in [0.25, 0.3) is 0 Å². The number of hydrogen-bond acceptors (Lipinski definition) is 3. The monoisotopic (exact) mass is 418 g/mol. The van der Waals surface area contributed by atoms with Crippen molar-refractivity contribution in [2.75, 3.05) is 13.1 Å². The predicted molar refractivity (Wildman–Crippen MR) is 100 cm³/mol. The second kappa shape index (κ2) is 9.32. The highest BCUT2D eigenvalue weighted by atomic mass is 35.5. The molecule has 0 saturated heterocycles. The molecular weight excluding hydrogens is 402 g/mol. The van der Waals surface area contributed by atoms with Crippen molar-refractivity contribution in [3.63, 3.8) is 0 Å². The van der Waals surface area contributed by atoms with E-state index in [1.165, 1.54) is 36.4 Å². The summed E-state index contributed by atoms with van der Waals surface area (Å²) in [5.41, 5.74) is 1.18. The van der Waals surface area contributed by atoms with Crippen molar-refractivity contribution in [3.8, 4) is 0 Å². The summed E-state index contributed by atoms with van der Waals surface area (Å²) in [6.45, 7) is 0.194. The number of amides is 1. The fourth-order valence-electron chi connectivity index (χ4n) is 2.16. The molecule has 0 aromatic heterocycles. The predicted octanol–water partition coefficient (Wildman–Crippen LogP) is 2.91. The Labute approximate surface area is 161 Å². The van der Waals surface area contributed by atoms with E-state index in [9.17, 15) is 17.6 Å². The molecule has 2 N–H and O–H groups in total. The van der Waals surface area contributed by atoms with Crippen molar-refractivity contribution in [1.29, 1.82) is 0 Å². The number of carbonyl (C=O) groups is 1. The van der Waals surface area contributed by atoms with Gasteiger partial charge in [-0.1, -0.05) is 41.4 Å². The molecule has 0 heterocycles. The molecule has 0 aliphatic heterocycles. The van der Waals surface area contributed by atoms with Gasteiger partial charge in [-0.25, -0.2) is 17.5 Å². The zero-order valence-corrected chi connectivity index (χ0v) is 16.0. The Balaban J connectivity index is 1.74. The Bertz CT molecular complexity index is 874. The van der Waals surface area contributed by atoms with Crippen molar-refractivity contribution in [3.05, 3.63) is 69.5 Å². The molecule has 0 bridgehead atoms. The lowest BCUT2D eigenvalue weighted by atomic mass is 10.1. The van der Waals surface area contributed by atoms with Crippen LogP contribution < -0.4 is 10.0 Å². The van der Waals surface area contributed by atoms with Gasteiger partial charge in [0, 0.05) is 13.1 Å². The quantitative estimate of drug-likeness (QED) is 0.647. The summed E-state index contributed by atoms with van der Waals surface area (Å²) in [6.07, 6.45) is 0.0936. The Morgan fingerprint density at radius 1 is 0.962 bits per heavy atom. The smallest absolute Gasteiger partial charge is 0.224 e. The van der Waals surface area contributed by atoms with Gasteiger partial charge >= 0.3 is 0 Å². The average Bonchev–Trinajstić information content (AvgIpc) is 2.57. The molecule has 5 nitrogen and oxygen atoms in total. The van der Waals surface area contributed by atoms with E-state index >= 15 is 0 Å². The minimum atomic E-state index is -3.57. The summed E-state index contributed by atoms with van der Waals surface area (Å²) >= 11 is 11.7. The third-order valence-corrected chi connectivity index (χ3v) is 5.48. The van der Waals surface area contributed by atoms with Crippen molar-refractivity contribution in [2.24, 2.45) is 0 Å². The molecule has 140 valence electrons. The van der Waals surface area contributed by atoms with E-state index in [2.05, 4.69) is 10.0 Å². The third-order valence-electron chi connectivity index (χ3n) is 3.39. The summed E-state index contributed by atoms with van der Waals surface area (Å²) in [6, 6.07) is 10.2. The standard InChI is InChI=1S/C17H17Cl2FN2O3S/c18-15-6-3-13(9-16(15)19)11-26(24,25)22-8-7-21-17(23)10-12-1-4-14(20)5-2-12/h1-6,9,22H,7-8,10-11H2,(H,21,23). The second-order valence-corrected chi connectivity index (χ2v) is 8.18. The van der Waals surface area contributed by atoms with Crippen LogP contribution in [0.1, 0.15) is 11.1 Å². The first-order valence-electron chi connectivity index (χ1n) is 7.67. The molecule has 2 aromatic carbocycles. The molecule has 0 unspecified atom stereocenters. The zero-order valence-electron chi connectivity index (χ0n) is 13.6. The van der Waals surface area contributed by atoms with E-state index in [4.69, 9.17) is 23.2 Å². The summed E-state index contributed by atoms with van der Waals surface area (Å²) < 4.78 is 39.3. The van der Waals surface area contributed by atoms with Crippen LogP contribution in [-0.4, -0.2) is 27.4 Å². The fourth-order valence-corrected chi connectivity index (χ4v) is 3.61. The van der Waals surface area contributed by atoms with E-state index in [1.807, 2.05) is 0 Å². The second-order valence-electron chi connectivity index (χ2n) is 5.56. The number of nitrogens with one attached hydrogen (secondary N) is 2. The highest BCUT2D eigenvalue weighted by molar-refractivity contribution is 7.88. The number of hydrogen-bond donors (Lipinski definition) is 2. The van der Waals surface area contributed by atoms with Gasteiger partial charge < -0.3 is 5.32 Å². The van der Waals surface area contributed by atoms with Crippen LogP contribution >= 0.6 is 23.2 Å². The Hall–Kier alpha value is -1.67. The van der Waals surface area contributed by atoms with Gasteiger partial charge in [0.05, 0.1) is 22.2 Å². The lowest BCUT2D eigenvalue weighted by Crippen LogP contribution is -2.35. The first-order valence-corrected chi connectivity index (χ1v) is 10.1. The van der Waals surface area contributed by atoms with E-state index in [0.29, 0.717) is 16.1 Å². The molecule has 0 radical (unpaired) electrons. The maximum Gasteiger partial charge on any atom is 0.224 e. The summed E-state index contributed by atoms with van der Waals surface area (Å²) in [7, 11) is -3.57. The largest absolute Gasteiger partial charge is 0.355 e. The van der Waals surface area contributed by atoms with E-state index in [1.54, 1.807) is 6.07 Å². The minimum absolute atomic E-state index is 0.0544. The van der Waals surface area contributed by atoms with Crippen LogP contribution in [0, 0.1) is 5.82 Å². The Morgan fingerprint density at radius 3 is 2.27 bits per heavy atom. The topological polar surface area (TPSA) is 75.3 Å². The molecular formula is C17H17Cl2FN2O3S. The number of sulfonamides is 1. The molecule has 0 fully saturated rings. The molecule has 0 aliphatic rings. The molecule has 0 aliphatic carbocycles.